The quantitative estimate of drug-likeness (QED) is 0.190. The molecule has 0 aromatic carbocycles. The molecule has 0 fully saturated rings. The summed E-state index contributed by atoms with van der Waals surface area (Å²) in [6.07, 6.45) is 0. The molecule has 3 nitrogen and oxygen atoms in total. The normalized spacial score (nSPS) is 11.0. The predicted molar refractivity (Wildman–Crippen MR) is 34.5 cm³/mol. The van der Waals surface area contributed by atoms with Crippen LogP contribution in [0.4, 0.5) is 0 Å². The van der Waals surface area contributed by atoms with Gasteiger partial charge < -0.3 is 10.7 Å². The summed E-state index contributed by atoms with van der Waals surface area (Å²) in [4.78, 5) is 0. The molecule has 0 bridgehead atoms. The van der Waals surface area contributed by atoms with Crippen LogP contribution >= 0.6 is 12.6 Å². The van der Waals surface area contributed by atoms with Crippen LogP contribution in [0, 0.1) is 0 Å². The van der Waals surface area contributed by atoms with Crippen molar-refractivity contribution in [1.82, 2.24) is 10.7 Å². The number of hydrogen-bond acceptors (Lipinski definition) is 2. The van der Waals surface area contributed by atoms with E-state index in [0.717, 1.165) is 0 Å². The Balaban J connectivity index is 3.29. The molecule has 0 rings (SSSR count). The highest BCUT2D eigenvalue weighted by Crippen LogP contribution is 1.71. The summed E-state index contributed by atoms with van der Waals surface area (Å²) < 4.78 is 0. The van der Waals surface area contributed by atoms with Crippen molar-refractivity contribution in [3.8, 4) is 0 Å². The molecule has 0 unspecified atom stereocenters. The number of rotatable bonds is 1. The number of hydrogen-bond donors (Lipinski definition) is 3. The lowest BCUT2D eigenvalue weighted by Crippen LogP contribution is -2.14. The zero-order chi connectivity index (χ0) is 5.70. The first-order chi connectivity index (χ1) is 3.31. The highest BCUT2D eigenvalue weighted by molar-refractivity contribution is 7.96. The first kappa shape index (κ1) is 6.62. The fourth-order valence-electron chi connectivity index (χ4n) is 0.162. The fraction of sp³-hybridized carbons (Fsp3) is 0.667. The smallest absolute Gasteiger partial charge is 0.177 e. The van der Waals surface area contributed by atoms with Crippen LogP contribution < -0.4 is 10.7 Å². The Labute approximate surface area is 48.6 Å². The van der Waals surface area contributed by atoms with Gasteiger partial charge in [0.1, 0.15) is 0 Å². The lowest BCUT2D eigenvalue weighted by atomic mass is 11.2. The van der Waals surface area contributed by atoms with Gasteiger partial charge in [0.05, 0.1) is 0 Å². The van der Waals surface area contributed by atoms with Crippen LogP contribution in [0.1, 0.15) is 0 Å². The van der Waals surface area contributed by atoms with Gasteiger partial charge in [-0.15, -0.1) is 12.6 Å². The average Bonchev–Trinajstić information content (AvgIpc) is 1.68. The first-order valence-electron chi connectivity index (χ1n) is 1.92. The van der Waals surface area contributed by atoms with E-state index in [-0.39, 0.29) is 0 Å². The van der Waals surface area contributed by atoms with Gasteiger partial charge in [0, 0.05) is 14.1 Å². The van der Waals surface area contributed by atoms with Crippen molar-refractivity contribution in [1.29, 1.82) is 0 Å². The van der Waals surface area contributed by atoms with Crippen molar-refractivity contribution >= 4 is 17.8 Å². The third-order valence-corrected chi connectivity index (χ3v) is 0.765. The molecule has 42 valence electrons. The SMILES string of the molecule is CN/N=C(/S)NC. The molecule has 0 radical (unpaired) electrons. The minimum Gasteiger partial charge on any atom is -0.367 e. The van der Waals surface area contributed by atoms with Gasteiger partial charge in [0.2, 0.25) is 0 Å². The third-order valence-electron chi connectivity index (χ3n) is 0.441. The standard InChI is InChI=1S/C3H9N3S/c1-4-3(7)6-5-2/h5H,1-2H3,(H2,4,6,7). The second-order valence-corrected chi connectivity index (χ2v) is 1.33. The zero-order valence-corrected chi connectivity index (χ0v) is 5.29. The van der Waals surface area contributed by atoms with Gasteiger partial charge in [-0.25, -0.2) is 0 Å². The van der Waals surface area contributed by atoms with Gasteiger partial charge in [-0.1, -0.05) is 0 Å². The highest BCUT2D eigenvalue weighted by atomic mass is 32.1. The first-order valence-corrected chi connectivity index (χ1v) is 2.37. The van der Waals surface area contributed by atoms with Gasteiger partial charge in [0.25, 0.3) is 0 Å². The van der Waals surface area contributed by atoms with Gasteiger partial charge >= 0.3 is 0 Å². The highest BCUT2D eigenvalue weighted by Gasteiger charge is 1.76. The molecule has 0 aliphatic heterocycles. The molecule has 0 heterocycles. The Morgan fingerprint density at radius 3 is 2.29 bits per heavy atom. The number of hydrazone groups is 1. The van der Waals surface area contributed by atoms with Crippen LogP contribution in [0.2, 0.25) is 0 Å². The Kier molecular flexibility index (Phi) is 3.59. The molecule has 0 amide bonds. The van der Waals surface area contributed by atoms with E-state index in [1.165, 1.54) is 0 Å². The van der Waals surface area contributed by atoms with Crippen LogP contribution in [0.5, 0.6) is 0 Å². The summed E-state index contributed by atoms with van der Waals surface area (Å²) in [6.45, 7) is 0. The Morgan fingerprint density at radius 1 is 1.57 bits per heavy atom. The summed E-state index contributed by atoms with van der Waals surface area (Å²) in [5.74, 6) is 0. The van der Waals surface area contributed by atoms with Crippen molar-refractivity contribution in [3.05, 3.63) is 0 Å². The number of amidine groups is 1. The molecule has 7 heavy (non-hydrogen) atoms. The Bertz CT molecular complexity index is 70.6. The monoisotopic (exact) mass is 119 g/mol. The molecule has 0 aromatic rings. The number of nitrogens with zero attached hydrogens (tertiary/aromatic N) is 1. The van der Waals surface area contributed by atoms with E-state index >= 15 is 0 Å². The van der Waals surface area contributed by atoms with E-state index in [4.69, 9.17) is 0 Å². The van der Waals surface area contributed by atoms with Crippen molar-refractivity contribution in [2.24, 2.45) is 5.10 Å². The molecule has 0 saturated heterocycles. The topological polar surface area (TPSA) is 36.4 Å². The van der Waals surface area contributed by atoms with Crippen LogP contribution in [0.15, 0.2) is 5.10 Å². The van der Waals surface area contributed by atoms with Gasteiger partial charge in [-0.2, -0.15) is 5.10 Å². The molecule has 0 spiro atoms. The third kappa shape index (κ3) is 3.45. The second kappa shape index (κ2) is 3.80. The second-order valence-electron chi connectivity index (χ2n) is 0.909. The molecular weight excluding hydrogens is 110 g/mol. The van der Waals surface area contributed by atoms with E-state index in [0.29, 0.717) is 5.17 Å². The number of nitrogens with one attached hydrogen (secondary N) is 2. The van der Waals surface area contributed by atoms with E-state index in [1.54, 1.807) is 14.1 Å². The number of thiol groups is 1. The van der Waals surface area contributed by atoms with E-state index in [9.17, 15) is 0 Å². The minimum atomic E-state index is 0.586. The van der Waals surface area contributed by atoms with Crippen LogP contribution in [0.25, 0.3) is 0 Å². The average molecular weight is 119 g/mol. The molecule has 0 aromatic heterocycles. The molecule has 0 aliphatic carbocycles. The summed E-state index contributed by atoms with van der Waals surface area (Å²) in [5, 5.41) is 6.97. The molecule has 0 saturated carbocycles. The van der Waals surface area contributed by atoms with E-state index in [2.05, 4.69) is 28.5 Å². The van der Waals surface area contributed by atoms with Crippen molar-refractivity contribution in [2.75, 3.05) is 14.1 Å². The van der Waals surface area contributed by atoms with Crippen LogP contribution in [-0.4, -0.2) is 19.3 Å². The lowest BCUT2D eigenvalue weighted by molar-refractivity contribution is 0.893. The molecule has 0 aliphatic rings. The van der Waals surface area contributed by atoms with Crippen molar-refractivity contribution < 1.29 is 0 Å². The summed E-state index contributed by atoms with van der Waals surface area (Å²) in [7, 11) is 3.47. The van der Waals surface area contributed by atoms with Crippen LogP contribution in [0.3, 0.4) is 0 Å². The van der Waals surface area contributed by atoms with Crippen molar-refractivity contribution in [3.63, 3.8) is 0 Å². The summed E-state index contributed by atoms with van der Waals surface area (Å²) in [5.41, 5.74) is 2.57. The molecule has 2 N–H and O–H groups in total. The predicted octanol–water partition coefficient (Wildman–Crippen LogP) is -0.374. The van der Waals surface area contributed by atoms with Gasteiger partial charge in [0.15, 0.2) is 5.17 Å². The Morgan fingerprint density at radius 2 is 2.14 bits per heavy atom. The minimum absolute atomic E-state index is 0.586. The lowest BCUT2D eigenvalue weighted by Gasteiger charge is -1.92. The van der Waals surface area contributed by atoms with Crippen molar-refractivity contribution in [2.45, 2.75) is 0 Å². The van der Waals surface area contributed by atoms with Gasteiger partial charge in [-0.05, 0) is 0 Å². The van der Waals surface area contributed by atoms with Gasteiger partial charge in [-0.3, -0.25) is 0 Å². The maximum atomic E-state index is 3.89. The molecular formula is C3H9N3S. The van der Waals surface area contributed by atoms with E-state index in [1.807, 2.05) is 0 Å². The largest absolute Gasteiger partial charge is 0.367 e. The zero-order valence-electron chi connectivity index (χ0n) is 4.39. The van der Waals surface area contributed by atoms with Crippen LogP contribution in [-0.2, 0) is 0 Å². The fourth-order valence-corrected chi connectivity index (χ4v) is 0.262. The summed E-state index contributed by atoms with van der Waals surface area (Å²) in [6, 6.07) is 0. The molecule has 0 atom stereocenters. The molecule has 4 heteroatoms. The maximum absolute atomic E-state index is 3.89. The Hall–Kier alpha value is -0.380. The van der Waals surface area contributed by atoms with E-state index < -0.39 is 0 Å². The maximum Gasteiger partial charge on any atom is 0.177 e. The summed E-state index contributed by atoms with van der Waals surface area (Å²) >= 11 is 3.89.